The second kappa shape index (κ2) is 11.2. The summed E-state index contributed by atoms with van der Waals surface area (Å²) in [5, 5.41) is 21.6. The number of amides is 2. The maximum atomic E-state index is 12.5. The minimum Gasteiger partial charge on any atom is -0.508 e. The molecule has 2 amide bonds. The number of benzene rings is 2. The van der Waals surface area contributed by atoms with Gasteiger partial charge < -0.3 is 14.6 Å². The normalized spacial score (nSPS) is 12.9. The van der Waals surface area contributed by atoms with Crippen molar-refractivity contribution in [1.82, 2.24) is 5.48 Å². The van der Waals surface area contributed by atoms with E-state index in [-0.39, 0.29) is 17.9 Å². The molecule has 0 saturated heterocycles. The number of para-hydroxylation sites is 1. The Balaban J connectivity index is 2.35. The highest BCUT2D eigenvalue weighted by Crippen LogP contribution is 2.34. The number of hydroxylamine groups is 1. The third kappa shape index (κ3) is 6.90. The van der Waals surface area contributed by atoms with Crippen LogP contribution in [0, 0.1) is 0 Å². The molecule has 0 aliphatic rings. The van der Waals surface area contributed by atoms with Crippen LogP contribution in [-0.4, -0.2) is 35.0 Å². The molecule has 0 unspecified atom stereocenters. The summed E-state index contributed by atoms with van der Waals surface area (Å²) in [7, 11) is 0. The fourth-order valence-corrected chi connectivity index (χ4v) is 2.88. The van der Waals surface area contributed by atoms with Crippen LogP contribution in [0.5, 0.6) is 5.75 Å². The first-order valence-corrected chi connectivity index (χ1v) is 9.48. The highest BCUT2D eigenvalue weighted by atomic mass is 79.9. The Kier molecular flexibility index (Phi) is 8.66. The molecule has 0 radical (unpaired) electrons. The van der Waals surface area contributed by atoms with E-state index in [4.69, 9.17) is 14.7 Å². The summed E-state index contributed by atoms with van der Waals surface area (Å²) in [6.07, 6.45) is -0.403. The van der Waals surface area contributed by atoms with Gasteiger partial charge in [0.05, 0.1) is 0 Å². The first kappa shape index (κ1) is 22.4. The van der Waals surface area contributed by atoms with Crippen molar-refractivity contribution >= 4 is 33.6 Å². The SMILES string of the molecule is CCO[C@H](/C=C/C(=O)NO)[C@H](OC(=O)Nc1ccccc1)c1cc(Br)ccc1O. The summed E-state index contributed by atoms with van der Waals surface area (Å²) in [5.41, 5.74) is 2.28. The maximum Gasteiger partial charge on any atom is 0.412 e. The van der Waals surface area contributed by atoms with Crippen molar-refractivity contribution in [2.45, 2.75) is 19.1 Å². The fourth-order valence-electron chi connectivity index (χ4n) is 2.50. The third-order valence-electron chi connectivity index (χ3n) is 3.76. The molecule has 29 heavy (non-hydrogen) atoms. The van der Waals surface area contributed by atoms with Gasteiger partial charge in [0.1, 0.15) is 11.9 Å². The smallest absolute Gasteiger partial charge is 0.412 e. The highest BCUT2D eigenvalue weighted by Gasteiger charge is 2.29. The molecular formula is C20H21BrN2O6. The molecule has 0 aromatic heterocycles. The largest absolute Gasteiger partial charge is 0.508 e. The number of phenolic OH excluding ortho intramolecular Hbond substituents is 1. The third-order valence-corrected chi connectivity index (χ3v) is 4.25. The molecule has 2 aromatic rings. The quantitative estimate of drug-likeness (QED) is 0.267. The van der Waals surface area contributed by atoms with Crippen molar-refractivity contribution in [1.29, 1.82) is 0 Å². The highest BCUT2D eigenvalue weighted by molar-refractivity contribution is 9.10. The van der Waals surface area contributed by atoms with Crippen LogP contribution in [0.15, 0.2) is 65.2 Å². The molecule has 0 heterocycles. The Morgan fingerprint density at radius 1 is 1.21 bits per heavy atom. The van der Waals surface area contributed by atoms with Crippen molar-refractivity contribution in [2.75, 3.05) is 11.9 Å². The zero-order valence-electron chi connectivity index (χ0n) is 15.5. The van der Waals surface area contributed by atoms with Crippen molar-refractivity contribution in [3.05, 3.63) is 70.7 Å². The van der Waals surface area contributed by atoms with Gasteiger partial charge in [0.25, 0.3) is 5.91 Å². The average molecular weight is 465 g/mol. The molecule has 0 aliphatic carbocycles. The number of hydrogen-bond acceptors (Lipinski definition) is 6. The molecule has 2 aromatic carbocycles. The van der Waals surface area contributed by atoms with Gasteiger partial charge in [-0.2, -0.15) is 0 Å². The van der Waals surface area contributed by atoms with E-state index in [0.29, 0.717) is 10.2 Å². The van der Waals surface area contributed by atoms with E-state index < -0.39 is 24.2 Å². The number of anilines is 1. The van der Waals surface area contributed by atoms with Crippen molar-refractivity contribution in [3.8, 4) is 5.75 Å². The number of hydrogen-bond donors (Lipinski definition) is 4. The molecule has 0 saturated carbocycles. The van der Waals surface area contributed by atoms with Crippen molar-refractivity contribution in [3.63, 3.8) is 0 Å². The number of carbonyl (C=O) groups is 2. The van der Waals surface area contributed by atoms with Crippen LogP contribution in [0.25, 0.3) is 0 Å². The van der Waals surface area contributed by atoms with Crippen LogP contribution in [0.1, 0.15) is 18.6 Å². The number of halogens is 1. The van der Waals surface area contributed by atoms with Crippen molar-refractivity contribution < 1.29 is 29.4 Å². The second-order valence-electron chi connectivity index (χ2n) is 5.78. The molecule has 0 aliphatic heterocycles. The molecule has 2 atom stereocenters. The number of aromatic hydroxyl groups is 1. The van der Waals surface area contributed by atoms with E-state index in [1.807, 2.05) is 0 Å². The summed E-state index contributed by atoms with van der Waals surface area (Å²) < 4.78 is 11.8. The van der Waals surface area contributed by atoms with Gasteiger partial charge in [-0.1, -0.05) is 34.1 Å². The Hall–Kier alpha value is -2.88. The van der Waals surface area contributed by atoms with Gasteiger partial charge >= 0.3 is 6.09 Å². The summed E-state index contributed by atoms with van der Waals surface area (Å²) in [6, 6.07) is 13.4. The molecular weight excluding hydrogens is 444 g/mol. The van der Waals surface area contributed by atoms with E-state index in [2.05, 4.69) is 21.2 Å². The first-order chi connectivity index (χ1) is 13.9. The number of nitrogens with one attached hydrogen (secondary N) is 2. The lowest BCUT2D eigenvalue weighted by atomic mass is 10.0. The summed E-state index contributed by atoms with van der Waals surface area (Å²) in [6.45, 7) is 1.97. The van der Waals surface area contributed by atoms with Crippen molar-refractivity contribution in [2.24, 2.45) is 0 Å². The molecule has 0 spiro atoms. The fraction of sp³-hybridized carbons (Fsp3) is 0.200. The average Bonchev–Trinajstić information content (AvgIpc) is 2.72. The molecule has 0 bridgehead atoms. The van der Waals surface area contributed by atoms with E-state index >= 15 is 0 Å². The molecule has 154 valence electrons. The van der Waals surface area contributed by atoms with Gasteiger partial charge in [0.15, 0.2) is 6.10 Å². The van der Waals surface area contributed by atoms with Crippen LogP contribution in [0.2, 0.25) is 0 Å². The Morgan fingerprint density at radius 2 is 1.93 bits per heavy atom. The number of ether oxygens (including phenoxy) is 2. The van der Waals surface area contributed by atoms with Gasteiger partial charge in [-0.3, -0.25) is 15.3 Å². The van der Waals surface area contributed by atoms with E-state index in [1.54, 1.807) is 49.4 Å². The van der Waals surface area contributed by atoms with E-state index in [0.717, 1.165) is 6.08 Å². The molecule has 4 N–H and O–H groups in total. The summed E-state index contributed by atoms with van der Waals surface area (Å²) >= 11 is 3.32. The van der Waals surface area contributed by atoms with Crippen LogP contribution in [0.4, 0.5) is 10.5 Å². The Morgan fingerprint density at radius 3 is 2.59 bits per heavy atom. The first-order valence-electron chi connectivity index (χ1n) is 8.69. The number of rotatable bonds is 8. The summed E-state index contributed by atoms with van der Waals surface area (Å²) in [5.74, 6) is -0.893. The molecule has 2 rings (SSSR count). The van der Waals surface area contributed by atoms with E-state index in [1.165, 1.54) is 17.6 Å². The zero-order chi connectivity index (χ0) is 21.2. The second-order valence-corrected chi connectivity index (χ2v) is 6.69. The van der Waals surface area contributed by atoms with Gasteiger partial charge in [0, 0.05) is 28.4 Å². The predicted molar refractivity (Wildman–Crippen MR) is 110 cm³/mol. The predicted octanol–water partition coefficient (Wildman–Crippen LogP) is 3.91. The minimum atomic E-state index is -1.08. The lowest BCUT2D eigenvalue weighted by Gasteiger charge is -2.26. The zero-order valence-corrected chi connectivity index (χ0v) is 17.1. The van der Waals surface area contributed by atoms with Crippen LogP contribution in [-0.2, 0) is 14.3 Å². The van der Waals surface area contributed by atoms with Crippen LogP contribution in [0.3, 0.4) is 0 Å². The van der Waals surface area contributed by atoms with E-state index in [9.17, 15) is 14.7 Å². The number of carbonyl (C=O) groups excluding carboxylic acids is 2. The van der Waals surface area contributed by atoms with Gasteiger partial charge in [0.2, 0.25) is 0 Å². The van der Waals surface area contributed by atoms with Crippen LogP contribution < -0.4 is 10.8 Å². The van der Waals surface area contributed by atoms with Gasteiger partial charge in [-0.05, 0) is 43.3 Å². The molecule has 8 nitrogen and oxygen atoms in total. The Bertz CT molecular complexity index is 859. The molecule has 0 fully saturated rings. The van der Waals surface area contributed by atoms with Gasteiger partial charge in [-0.15, -0.1) is 0 Å². The van der Waals surface area contributed by atoms with Crippen LogP contribution >= 0.6 is 15.9 Å². The maximum absolute atomic E-state index is 12.5. The lowest BCUT2D eigenvalue weighted by molar-refractivity contribution is -0.124. The monoisotopic (exact) mass is 464 g/mol. The minimum absolute atomic E-state index is 0.115. The summed E-state index contributed by atoms with van der Waals surface area (Å²) in [4.78, 5) is 23.9. The molecule has 9 heteroatoms. The Labute approximate surface area is 176 Å². The lowest BCUT2D eigenvalue weighted by Crippen LogP contribution is -2.28. The van der Waals surface area contributed by atoms with Gasteiger partial charge in [-0.25, -0.2) is 10.3 Å². The topological polar surface area (TPSA) is 117 Å². The standard InChI is InChI=1S/C20H21BrN2O6/c1-2-28-17(10-11-18(25)23-27)19(15-12-13(21)8-9-16(15)24)29-20(26)22-14-6-4-3-5-7-14/h3-12,17,19,24,27H,2H2,1H3,(H,22,26)(H,23,25)/b11-10+/t17-,19-/m1/s1. The number of phenols is 1.